The molecule has 0 fully saturated rings. The van der Waals surface area contributed by atoms with Crippen LogP contribution in [0.25, 0.3) is 11.3 Å². The maximum atomic E-state index is 13.0. The number of ether oxygens (including phenoxy) is 1. The van der Waals surface area contributed by atoms with E-state index in [0.29, 0.717) is 0 Å². The van der Waals surface area contributed by atoms with Crippen molar-refractivity contribution in [3.63, 3.8) is 0 Å². The lowest BCUT2D eigenvalue weighted by molar-refractivity contribution is -0.671. The molecule has 124 valence electrons. The first-order chi connectivity index (χ1) is 11.7. The highest BCUT2D eigenvalue weighted by Gasteiger charge is 2.06. The summed E-state index contributed by atoms with van der Waals surface area (Å²) in [4.78, 5) is 0. The van der Waals surface area contributed by atoms with E-state index in [0.717, 1.165) is 42.3 Å². The second-order valence-corrected chi connectivity index (χ2v) is 5.65. The van der Waals surface area contributed by atoms with Gasteiger partial charge in [-0.2, -0.15) is 0 Å². The molecule has 0 radical (unpaired) electrons. The number of quaternary nitrogens is 1. The zero-order chi connectivity index (χ0) is 16.8. The molecule has 1 aromatic heterocycles. The van der Waals surface area contributed by atoms with Gasteiger partial charge in [-0.25, -0.2) is 4.39 Å². The van der Waals surface area contributed by atoms with Gasteiger partial charge in [0.15, 0.2) is 5.76 Å². The Morgan fingerprint density at radius 2 is 1.71 bits per heavy atom. The predicted octanol–water partition coefficient (Wildman–Crippen LogP) is 3.40. The molecule has 0 aliphatic heterocycles. The van der Waals surface area contributed by atoms with Crippen LogP contribution in [0.4, 0.5) is 4.39 Å². The Balaban J connectivity index is 1.47. The molecule has 2 aromatic carbocycles. The van der Waals surface area contributed by atoms with E-state index in [4.69, 9.17) is 9.15 Å². The third-order valence-electron chi connectivity index (χ3n) is 3.93. The van der Waals surface area contributed by atoms with Crippen molar-refractivity contribution in [2.24, 2.45) is 0 Å². The van der Waals surface area contributed by atoms with Gasteiger partial charge in [0.1, 0.15) is 23.9 Å². The summed E-state index contributed by atoms with van der Waals surface area (Å²) in [5.74, 6) is 2.33. The summed E-state index contributed by atoms with van der Waals surface area (Å²) in [5, 5.41) is 2.22. The van der Waals surface area contributed by atoms with Crippen molar-refractivity contribution in [3.8, 4) is 17.1 Å². The number of hydrogen-bond acceptors (Lipinski definition) is 2. The van der Waals surface area contributed by atoms with E-state index in [1.165, 1.54) is 17.7 Å². The molecule has 0 saturated carbocycles. The van der Waals surface area contributed by atoms with E-state index in [9.17, 15) is 4.39 Å². The second kappa shape index (κ2) is 7.79. The van der Waals surface area contributed by atoms with Gasteiger partial charge >= 0.3 is 0 Å². The zero-order valence-corrected chi connectivity index (χ0v) is 13.7. The molecule has 0 aliphatic carbocycles. The van der Waals surface area contributed by atoms with Crippen molar-refractivity contribution in [2.75, 3.05) is 13.7 Å². The Kier molecular flexibility index (Phi) is 5.29. The summed E-state index contributed by atoms with van der Waals surface area (Å²) in [6, 6.07) is 18.4. The first kappa shape index (κ1) is 16.3. The molecular formula is C20H21FNO2+. The third-order valence-corrected chi connectivity index (χ3v) is 3.93. The SMILES string of the molecule is COc1ccc(CC[NH2+]Cc2ccc(-c3ccc(F)cc3)o2)cc1. The summed E-state index contributed by atoms with van der Waals surface area (Å²) in [6.07, 6.45) is 0.996. The van der Waals surface area contributed by atoms with Crippen LogP contribution in [0.15, 0.2) is 65.1 Å². The zero-order valence-electron chi connectivity index (χ0n) is 13.7. The monoisotopic (exact) mass is 326 g/mol. The molecule has 0 bridgehead atoms. The molecule has 24 heavy (non-hydrogen) atoms. The minimum Gasteiger partial charge on any atom is -0.497 e. The lowest BCUT2D eigenvalue weighted by Gasteiger charge is -2.03. The van der Waals surface area contributed by atoms with Crippen molar-refractivity contribution in [1.82, 2.24) is 0 Å². The van der Waals surface area contributed by atoms with Gasteiger partial charge < -0.3 is 14.5 Å². The summed E-state index contributed by atoms with van der Waals surface area (Å²) in [7, 11) is 1.67. The number of methoxy groups -OCH3 is 1. The number of furan rings is 1. The van der Waals surface area contributed by atoms with Crippen LogP contribution in [0.1, 0.15) is 11.3 Å². The minimum atomic E-state index is -0.239. The van der Waals surface area contributed by atoms with Gasteiger partial charge in [0.25, 0.3) is 0 Å². The molecule has 0 saturated heterocycles. The third kappa shape index (κ3) is 4.24. The number of nitrogens with two attached hydrogens (primary N) is 1. The lowest BCUT2D eigenvalue weighted by atomic mass is 10.1. The van der Waals surface area contributed by atoms with E-state index in [-0.39, 0.29) is 5.82 Å². The van der Waals surface area contributed by atoms with Crippen molar-refractivity contribution < 1.29 is 18.9 Å². The summed E-state index contributed by atoms with van der Waals surface area (Å²) in [5.41, 5.74) is 2.18. The fraction of sp³-hybridized carbons (Fsp3) is 0.200. The van der Waals surface area contributed by atoms with Crippen LogP contribution < -0.4 is 10.1 Å². The Bertz CT molecular complexity index is 763. The van der Waals surface area contributed by atoms with Crippen molar-refractivity contribution in [3.05, 3.63) is 77.8 Å². The van der Waals surface area contributed by atoms with E-state index in [1.807, 2.05) is 24.3 Å². The molecule has 0 amide bonds. The van der Waals surface area contributed by atoms with Crippen LogP contribution in [0, 0.1) is 5.82 Å². The van der Waals surface area contributed by atoms with Crippen LogP contribution in [-0.4, -0.2) is 13.7 Å². The fourth-order valence-corrected chi connectivity index (χ4v) is 2.56. The molecule has 3 nitrogen and oxygen atoms in total. The molecule has 2 N–H and O–H groups in total. The highest BCUT2D eigenvalue weighted by molar-refractivity contribution is 5.57. The van der Waals surface area contributed by atoms with E-state index in [1.54, 1.807) is 19.2 Å². The van der Waals surface area contributed by atoms with Crippen molar-refractivity contribution in [2.45, 2.75) is 13.0 Å². The molecule has 0 spiro atoms. The quantitative estimate of drug-likeness (QED) is 0.676. The first-order valence-electron chi connectivity index (χ1n) is 8.04. The number of hydrogen-bond donors (Lipinski definition) is 1. The van der Waals surface area contributed by atoms with E-state index in [2.05, 4.69) is 17.4 Å². The van der Waals surface area contributed by atoms with Crippen LogP contribution in [0.3, 0.4) is 0 Å². The molecule has 0 unspecified atom stereocenters. The standard InChI is InChI=1S/C20H20FNO2/c1-23-18-8-2-15(3-9-18)12-13-22-14-19-10-11-20(24-19)16-4-6-17(21)7-5-16/h2-11,22H,12-14H2,1H3/p+1. The molecule has 0 aliphatic rings. The summed E-state index contributed by atoms with van der Waals surface area (Å²) in [6.45, 7) is 1.77. The predicted molar refractivity (Wildman–Crippen MR) is 91.3 cm³/mol. The van der Waals surface area contributed by atoms with E-state index < -0.39 is 0 Å². The fourth-order valence-electron chi connectivity index (χ4n) is 2.56. The smallest absolute Gasteiger partial charge is 0.158 e. The van der Waals surface area contributed by atoms with Crippen LogP contribution in [-0.2, 0) is 13.0 Å². The number of rotatable bonds is 7. The van der Waals surface area contributed by atoms with Gasteiger partial charge in [0.2, 0.25) is 0 Å². The summed E-state index contributed by atoms with van der Waals surface area (Å²) >= 11 is 0. The Labute approximate surface area is 141 Å². The van der Waals surface area contributed by atoms with Crippen LogP contribution in [0.2, 0.25) is 0 Å². The average molecular weight is 326 g/mol. The van der Waals surface area contributed by atoms with Gasteiger partial charge in [-0.15, -0.1) is 0 Å². The van der Waals surface area contributed by atoms with Crippen molar-refractivity contribution >= 4 is 0 Å². The Morgan fingerprint density at radius 1 is 0.958 bits per heavy atom. The van der Waals surface area contributed by atoms with Crippen LogP contribution >= 0.6 is 0 Å². The maximum absolute atomic E-state index is 13.0. The summed E-state index contributed by atoms with van der Waals surface area (Å²) < 4.78 is 23.9. The molecular weight excluding hydrogens is 305 g/mol. The van der Waals surface area contributed by atoms with Crippen LogP contribution in [0.5, 0.6) is 5.75 Å². The number of halogens is 1. The van der Waals surface area contributed by atoms with Gasteiger partial charge in [0.05, 0.1) is 13.7 Å². The largest absolute Gasteiger partial charge is 0.497 e. The maximum Gasteiger partial charge on any atom is 0.158 e. The topological polar surface area (TPSA) is 39.0 Å². The highest BCUT2D eigenvalue weighted by Crippen LogP contribution is 2.22. The number of benzene rings is 2. The molecule has 3 aromatic rings. The van der Waals surface area contributed by atoms with Crippen molar-refractivity contribution in [1.29, 1.82) is 0 Å². The molecule has 1 heterocycles. The Morgan fingerprint density at radius 3 is 2.42 bits per heavy atom. The van der Waals surface area contributed by atoms with Gasteiger partial charge in [0, 0.05) is 12.0 Å². The van der Waals surface area contributed by atoms with Gasteiger partial charge in [-0.3, -0.25) is 0 Å². The first-order valence-corrected chi connectivity index (χ1v) is 8.04. The molecule has 3 rings (SSSR count). The minimum absolute atomic E-state index is 0.239. The van der Waals surface area contributed by atoms with Gasteiger partial charge in [-0.1, -0.05) is 12.1 Å². The molecule has 4 heteroatoms. The van der Waals surface area contributed by atoms with E-state index >= 15 is 0 Å². The lowest BCUT2D eigenvalue weighted by Crippen LogP contribution is -2.83. The second-order valence-electron chi connectivity index (χ2n) is 5.65. The highest BCUT2D eigenvalue weighted by atomic mass is 19.1. The van der Waals surface area contributed by atoms with Gasteiger partial charge in [-0.05, 0) is 54.1 Å². The average Bonchev–Trinajstić information content (AvgIpc) is 3.09. The molecule has 0 atom stereocenters. The normalized spacial score (nSPS) is 10.8. The Hall–Kier alpha value is -2.59.